The van der Waals surface area contributed by atoms with Crippen LogP contribution in [0.25, 0.3) is 0 Å². The first-order chi connectivity index (χ1) is 9.93. The average Bonchev–Trinajstić information content (AvgIpc) is 2.45. The van der Waals surface area contributed by atoms with E-state index in [1.807, 2.05) is 0 Å². The van der Waals surface area contributed by atoms with Crippen LogP contribution in [0.15, 0.2) is 12.1 Å². The first-order valence-electron chi connectivity index (χ1n) is 6.60. The highest BCUT2D eigenvalue weighted by Gasteiger charge is 2.30. The first-order valence-corrected chi connectivity index (χ1v) is 6.60. The van der Waals surface area contributed by atoms with Gasteiger partial charge in [0.25, 0.3) is 0 Å². The number of halogens is 4. The van der Waals surface area contributed by atoms with Crippen LogP contribution in [0.1, 0.15) is 23.2 Å². The minimum atomic E-state index is -1.20. The maximum Gasteiger partial charge on any atom is 0.236 e. The topological polar surface area (TPSA) is 63.4 Å². The summed E-state index contributed by atoms with van der Waals surface area (Å²) in [5.74, 6) is -4.95. The molecule has 1 aliphatic heterocycles. The molecule has 1 amide bonds. The van der Waals surface area contributed by atoms with Crippen LogP contribution in [0.2, 0.25) is 0 Å². The molecule has 1 saturated heterocycles. The predicted molar refractivity (Wildman–Crippen MR) is 76.3 cm³/mol. The van der Waals surface area contributed by atoms with Crippen molar-refractivity contribution in [1.29, 1.82) is 0 Å². The predicted octanol–water partition coefficient (Wildman–Crippen LogP) is 1.91. The van der Waals surface area contributed by atoms with Crippen LogP contribution in [-0.4, -0.2) is 36.2 Å². The van der Waals surface area contributed by atoms with Crippen molar-refractivity contribution in [3.8, 4) is 0 Å². The number of benzene rings is 1. The molecule has 2 rings (SSSR count). The molecule has 0 atom stereocenters. The molecule has 2 N–H and O–H groups in total. The van der Waals surface area contributed by atoms with Gasteiger partial charge in [0, 0.05) is 31.1 Å². The van der Waals surface area contributed by atoms with Gasteiger partial charge in [-0.1, -0.05) is 0 Å². The number of nitrogens with two attached hydrogens (primary N) is 1. The van der Waals surface area contributed by atoms with Gasteiger partial charge in [0.2, 0.25) is 5.91 Å². The van der Waals surface area contributed by atoms with Gasteiger partial charge in [-0.25, -0.2) is 13.2 Å². The van der Waals surface area contributed by atoms with Crippen LogP contribution in [0, 0.1) is 23.4 Å². The Balaban J connectivity index is 0.00000242. The largest absolute Gasteiger partial charge is 0.342 e. The first kappa shape index (κ1) is 18.4. The molecule has 22 heavy (non-hydrogen) atoms. The summed E-state index contributed by atoms with van der Waals surface area (Å²) in [6.45, 7) is 0.521. The number of hydrogen-bond donors (Lipinski definition) is 1. The van der Waals surface area contributed by atoms with Crippen LogP contribution >= 0.6 is 12.4 Å². The third-order valence-electron chi connectivity index (χ3n) is 3.65. The molecule has 122 valence electrons. The molecule has 0 saturated carbocycles. The Kier molecular flexibility index (Phi) is 6.37. The molecule has 1 aromatic rings. The molecule has 0 spiro atoms. The second-order valence-electron chi connectivity index (χ2n) is 4.97. The van der Waals surface area contributed by atoms with Gasteiger partial charge in [0.1, 0.15) is 17.5 Å². The normalized spacial score (nSPS) is 15.4. The molecule has 4 nitrogen and oxygen atoms in total. The number of rotatable bonds is 3. The third kappa shape index (κ3) is 3.78. The number of nitrogens with zero attached hydrogens (tertiary/aromatic N) is 1. The highest BCUT2D eigenvalue weighted by molar-refractivity contribution is 5.98. The van der Waals surface area contributed by atoms with E-state index in [1.165, 1.54) is 4.90 Å². The van der Waals surface area contributed by atoms with Crippen molar-refractivity contribution in [1.82, 2.24) is 4.90 Å². The SMILES string of the molecule is Cl.NCC(=O)N1CCC(C(=O)c2c(F)cc(F)cc2F)CC1. The van der Waals surface area contributed by atoms with Gasteiger partial charge in [-0.05, 0) is 12.8 Å². The summed E-state index contributed by atoms with van der Waals surface area (Å²) in [7, 11) is 0. The number of hydrogen-bond acceptors (Lipinski definition) is 3. The van der Waals surface area contributed by atoms with E-state index in [9.17, 15) is 22.8 Å². The standard InChI is InChI=1S/C14H15F3N2O2.ClH/c15-9-5-10(16)13(11(17)6-9)14(21)8-1-3-19(4-2-8)12(20)7-18;/h5-6,8H,1-4,7,18H2;1H. The highest BCUT2D eigenvalue weighted by atomic mass is 35.5. The van der Waals surface area contributed by atoms with E-state index in [0.717, 1.165) is 0 Å². The number of carbonyl (C=O) groups excluding carboxylic acids is 2. The number of carbonyl (C=O) groups is 2. The van der Waals surface area contributed by atoms with Crippen LogP contribution < -0.4 is 5.73 Å². The summed E-state index contributed by atoms with van der Waals surface area (Å²) in [6, 6.07) is 0.979. The van der Waals surface area contributed by atoms with E-state index in [0.29, 0.717) is 38.1 Å². The summed E-state index contributed by atoms with van der Waals surface area (Å²) in [5, 5.41) is 0. The van der Waals surface area contributed by atoms with Crippen LogP contribution in [-0.2, 0) is 4.79 Å². The minimum absolute atomic E-state index is 0. The summed E-state index contributed by atoms with van der Waals surface area (Å²) < 4.78 is 40.0. The van der Waals surface area contributed by atoms with Gasteiger partial charge in [-0.15, -0.1) is 12.4 Å². The molecular weight excluding hydrogens is 321 g/mol. The lowest BCUT2D eigenvalue weighted by atomic mass is 9.88. The van der Waals surface area contributed by atoms with Gasteiger partial charge in [-0.2, -0.15) is 0 Å². The quantitative estimate of drug-likeness (QED) is 0.858. The third-order valence-corrected chi connectivity index (χ3v) is 3.65. The van der Waals surface area contributed by atoms with Gasteiger partial charge in [0.15, 0.2) is 5.78 Å². The van der Waals surface area contributed by atoms with E-state index in [2.05, 4.69) is 0 Å². The maximum absolute atomic E-state index is 13.6. The van der Waals surface area contributed by atoms with Gasteiger partial charge in [-0.3, -0.25) is 9.59 Å². The zero-order chi connectivity index (χ0) is 15.6. The van der Waals surface area contributed by atoms with Crippen molar-refractivity contribution >= 4 is 24.1 Å². The maximum atomic E-state index is 13.6. The van der Waals surface area contributed by atoms with Crippen molar-refractivity contribution in [2.24, 2.45) is 11.7 Å². The number of amides is 1. The molecule has 0 unspecified atom stereocenters. The van der Waals surface area contributed by atoms with E-state index in [4.69, 9.17) is 5.73 Å². The lowest BCUT2D eigenvalue weighted by Gasteiger charge is -2.31. The monoisotopic (exact) mass is 336 g/mol. The van der Waals surface area contributed by atoms with Crippen LogP contribution in [0.3, 0.4) is 0 Å². The molecule has 8 heteroatoms. The second-order valence-corrected chi connectivity index (χ2v) is 4.97. The van der Waals surface area contributed by atoms with Gasteiger partial charge < -0.3 is 10.6 Å². The van der Waals surface area contributed by atoms with Crippen molar-refractivity contribution < 1.29 is 22.8 Å². The minimum Gasteiger partial charge on any atom is -0.342 e. The van der Waals surface area contributed by atoms with Crippen molar-refractivity contribution in [3.05, 3.63) is 35.1 Å². The summed E-state index contributed by atoms with van der Waals surface area (Å²) in [6.07, 6.45) is 0.613. The van der Waals surface area contributed by atoms with Gasteiger partial charge >= 0.3 is 0 Å². The van der Waals surface area contributed by atoms with Crippen LogP contribution in [0.5, 0.6) is 0 Å². The number of ketones is 1. The molecule has 0 radical (unpaired) electrons. The van der Waals surface area contributed by atoms with E-state index < -0.39 is 34.7 Å². The molecule has 0 bridgehead atoms. The molecular formula is C14H16ClF3N2O2. The van der Waals surface area contributed by atoms with Crippen molar-refractivity contribution in [2.75, 3.05) is 19.6 Å². The zero-order valence-electron chi connectivity index (χ0n) is 11.7. The molecule has 0 aliphatic carbocycles. The van der Waals surface area contributed by atoms with Gasteiger partial charge in [0.05, 0.1) is 12.1 Å². The Morgan fingerprint density at radius 3 is 2.09 bits per heavy atom. The lowest BCUT2D eigenvalue weighted by molar-refractivity contribution is -0.130. The molecule has 1 aliphatic rings. The smallest absolute Gasteiger partial charge is 0.236 e. The van der Waals surface area contributed by atoms with Crippen LogP contribution in [0.4, 0.5) is 13.2 Å². The Morgan fingerprint density at radius 1 is 1.14 bits per heavy atom. The summed E-state index contributed by atoms with van der Waals surface area (Å²) >= 11 is 0. The van der Waals surface area contributed by atoms with E-state index in [-0.39, 0.29) is 24.9 Å². The van der Waals surface area contributed by atoms with E-state index in [1.54, 1.807) is 0 Å². The number of likely N-dealkylation sites (tertiary alicyclic amines) is 1. The Hall–Kier alpha value is -1.60. The Labute approximate surface area is 131 Å². The fourth-order valence-electron chi connectivity index (χ4n) is 2.50. The molecule has 1 aromatic carbocycles. The van der Waals surface area contributed by atoms with E-state index >= 15 is 0 Å². The lowest BCUT2D eigenvalue weighted by Crippen LogP contribution is -2.43. The molecule has 1 heterocycles. The summed E-state index contributed by atoms with van der Waals surface area (Å²) in [4.78, 5) is 25.1. The Morgan fingerprint density at radius 2 is 1.64 bits per heavy atom. The van der Waals surface area contributed by atoms with Crippen molar-refractivity contribution in [2.45, 2.75) is 12.8 Å². The number of piperidine rings is 1. The fraction of sp³-hybridized carbons (Fsp3) is 0.429. The van der Waals surface area contributed by atoms with Crippen molar-refractivity contribution in [3.63, 3.8) is 0 Å². The molecule has 1 fully saturated rings. The molecule has 0 aromatic heterocycles. The average molecular weight is 337 g/mol. The Bertz CT molecular complexity index is 552. The number of Topliss-reactive ketones (excluding diaryl/α,β-unsaturated/α-hetero) is 1. The second kappa shape index (κ2) is 7.60. The highest BCUT2D eigenvalue weighted by Crippen LogP contribution is 2.25. The zero-order valence-corrected chi connectivity index (χ0v) is 12.5. The summed E-state index contributed by atoms with van der Waals surface area (Å²) in [5.41, 5.74) is 4.54. The fourth-order valence-corrected chi connectivity index (χ4v) is 2.50.